The van der Waals surface area contributed by atoms with Crippen LogP contribution in [-0.4, -0.2) is 30.0 Å². The van der Waals surface area contributed by atoms with Gasteiger partial charge in [0, 0.05) is 11.6 Å². The monoisotopic (exact) mass is 713 g/mol. The molecule has 2 aromatic carbocycles. The van der Waals surface area contributed by atoms with Crippen molar-refractivity contribution in [2.75, 3.05) is 0 Å². The van der Waals surface area contributed by atoms with Gasteiger partial charge in [0.05, 0.1) is 10.4 Å². The number of hydrogen-bond acceptors (Lipinski definition) is 4. The minimum absolute atomic E-state index is 0.0479. The van der Waals surface area contributed by atoms with E-state index < -0.39 is 15.7 Å². The Morgan fingerprint density at radius 2 is 1.12 bits per heavy atom. The molecule has 0 aliphatic heterocycles. The number of carbonyl (C=O) groups excluding carboxylic acids is 1. The van der Waals surface area contributed by atoms with E-state index >= 15 is 0 Å². The van der Waals surface area contributed by atoms with Crippen LogP contribution in [0.5, 0.6) is 0 Å². The van der Waals surface area contributed by atoms with Crippen molar-refractivity contribution in [3.8, 4) is 0 Å². The Hall–Kier alpha value is -2.48. The Morgan fingerprint density at radius 1 is 0.680 bits per heavy atom. The molecule has 2 aromatic rings. The van der Waals surface area contributed by atoms with E-state index in [4.69, 9.17) is 10.3 Å². The zero-order chi connectivity index (χ0) is 37.1. The van der Waals surface area contributed by atoms with Crippen LogP contribution >= 0.6 is 0 Å². The van der Waals surface area contributed by atoms with Crippen molar-refractivity contribution >= 4 is 22.1 Å². The molecule has 0 spiro atoms. The molecule has 1 unspecified atom stereocenters. The molecule has 1 amide bonds. The van der Waals surface area contributed by atoms with Crippen molar-refractivity contribution in [2.45, 2.75) is 185 Å². The molecule has 1 atom stereocenters. The third kappa shape index (κ3) is 21.0. The third-order valence-corrected chi connectivity index (χ3v) is 10.6. The third-order valence-electron chi connectivity index (χ3n) is 9.78. The molecule has 50 heavy (non-hydrogen) atoms. The summed E-state index contributed by atoms with van der Waals surface area (Å²) < 4.78 is 29.6. The molecular weight excluding hydrogens is 641 g/mol. The van der Waals surface area contributed by atoms with Gasteiger partial charge < -0.3 is 11.1 Å². The van der Waals surface area contributed by atoms with Crippen molar-refractivity contribution in [3.63, 3.8) is 0 Å². The Morgan fingerprint density at radius 3 is 1.52 bits per heavy atom. The fourth-order valence-corrected chi connectivity index (χ4v) is 7.01. The lowest BCUT2D eigenvalue weighted by Crippen LogP contribution is -2.65. The summed E-state index contributed by atoms with van der Waals surface area (Å²) in [5, 5.41) is 3.35. The zero-order valence-electron chi connectivity index (χ0n) is 32.4. The second-order valence-electron chi connectivity index (χ2n) is 14.8. The summed E-state index contributed by atoms with van der Waals surface area (Å²) in [5.74, 6) is -0.0479. The lowest BCUT2D eigenvalue weighted by atomic mass is 9.73. The normalized spacial score (nSPS) is 13.1. The van der Waals surface area contributed by atoms with Crippen molar-refractivity contribution in [3.05, 3.63) is 71.8 Å². The van der Waals surface area contributed by atoms with Crippen molar-refractivity contribution < 1.29 is 17.8 Å². The van der Waals surface area contributed by atoms with Gasteiger partial charge in [-0.05, 0) is 57.4 Å². The number of nitrogens with two attached hydrogens (primary N) is 1. The van der Waals surface area contributed by atoms with E-state index in [-0.39, 0.29) is 16.3 Å². The summed E-state index contributed by atoms with van der Waals surface area (Å²) >= 11 is 0. The second kappa shape index (κ2) is 26.3. The molecule has 0 saturated heterocycles. The van der Waals surface area contributed by atoms with Crippen LogP contribution in [0, 0.1) is 6.92 Å². The first-order chi connectivity index (χ1) is 23.8. The van der Waals surface area contributed by atoms with Gasteiger partial charge in [-0.15, -0.1) is 0 Å². The quantitative estimate of drug-likeness (QED) is 0.0511. The predicted molar refractivity (Wildman–Crippen MR) is 214 cm³/mol. The van der Waals surface area contributed by atoms with Crippen LogP contribution in [0.3, 0.4) is 0 Å². The topological polar surface area (TPSA) is 109 Å². The van der Waals surface area contributed by atoms with E-state index in [0.717, 1.165) is 36.8 Å². The lowest BCUT2D eigenvalue weighted by Gasteiger charge is -2.45. The maximum atomic E-state index is 12.9. The summed E-state index contributed by atoms with van der Waals surface area (Å²) in [6, 6.07) is 16.0. The molecule has 0 heterocycles. The van der Waals surface area contributed by atoms with Gasteiger partial charge in [0.1, 0.15) is 0 Å². The minimum Gasteiger partial charge on any atom is -0.345 e. The summed E-state index contributed by atoms with van der Waals surface area (Å²) in [5.41, 5.74) is 7.82. The van der Waals surface area contributed by atoms with Gasteiger partial charge in [0.15, 0.2) is 0 Å². The van der Waals surface area contributed by atoms with Gasteiger partial charge >= 0.3 is 0 Å². The van der Waals surface area contributed by atoms with Gasteiger partial charge in [0.25, 0.3) is 10.1 Å². The van der Waals surface area contributed by atoms with Gasteiger partial charge in [-0.2, -0.15) is 8.42 Å². The van der Waals surface area contributed by atoms with E-state index in [1.165, 1.54) is 121 Å². The molecule has 4 N–H and O–H groups in total. The van der Waals surface area contributed by atoms with Crippen molar-refractivity contribution in [2.24, 2.45) is 5.73 Å². The molecule has 0 fully saturated rings. The number of benzene rings is 2. The zero-order valence-corrected chi connectivity index (χ0v) is 33.2. The smallest absolute Gasteiger partial charge is 0.294 e. The molecular formula is C43H72N2O4S. The molecule has 284 valence electrons. The SMILES string of the molecule is CCCCCCCCCCCCCCCCCCCCC(CCC)(NC(=O)C=Cc1ccccc1)C(C)(C)N.Cc1ccc(S(=O)(=O)O)cc1. The van der Waals surface area contributed by atoms with Gasteiger partial charge in [0.2, 0.25) is 5.91 Å². The highest BCUT2D eigenvalue weighted by Crippen LogP contribution is 2.31. The molecule has 0 aliphatic carbocycles. The highest BCUT2D eigenvalue weighted by molar-refractivity contribution is 7.85. The molecule has 7 heteroatoms. The fraction of sp³-hybridized carbons (Fsp3) is 0.651. The maximum Gasteiger partial charge on any atom is 0.294 e. The highest BCUT2D eigenvalue weighted by Gasteiger charge is 2.42. The van der Waals surface area contributed by atoms with E-state index in [0.29, 0.717) is 0 Å². The van der Waals surface area contributed by atoms with Gasteiger partial charge in [-0.1, -0.05) is 184 Å². The van der Waals surface area contributed by atoms with Crippen LogP contribution in [0.4, 0.5) is 0 Å². The Kier molecular flexibility index (Phi) is 24.0. The molecule has 6 nitrogen and oxygen atoms in total. The first-order valence-electron chi connectivity index (χ1n) is 19.7. The number of rotatable bonds is 26. The molecule has 0 aliphatic rings. The molecule has 0 aromatic heterocycles. The number of unbranched alkanes of at least 4 members (excludes halogenated alkanes) is 17. The fourth-order valence-electron chi connectivity index (χ4n) is 6.53. The number of hydrogen-bond donors (Lipinski definition) is 3. The number of amides is 1. The molecule has 2 rings (SSSR count). The number of aryl methyl sites for hydroxylation is 1. The first-order valence-corrected chi connectivity index (χ1v) is 21.2. The Bertz CT molecular complexity index is 1270. The van der Waals surface area contributed by atoms with E-state index in [1.807, 2.05) is 43.3 Å². The van der Waals surface area contributed by atoms with Crippen molar-refractivity contribution in [1.29, 1.82) is 0 Å². The van der Waals surface area contributed by atoms with Crippen LogP contribution in [-0.2, 0) is 14.9 Å². The van der Waals surface area contributed by atoms with Gasteiger partial charge in [-0.3, -0.25) is 9.35 Å². The van der Waals surface area contributed by atoms with Crippen LogP contribution in [0.25, 0.3) is 6.08 Å². The summed E-state index contributed by atoms with van der Waals surface area (Å²) in [4.78, 5) is 12.8. The van der Waals surface area contributed by atoms with Crippen LogP contribution in [0.1, 0.15) is 174 Å². The summed E-state index contributed by atoms with van der Waals surface area (Å²) in [6.45, 7) is 10.5. The predicted octanol–water partition coefficient (Wildman–Crippen LogP) is 11.8. The largest absolute Gasteiger partial charge is 0.345 e. The van der Waals surface area contributed by atoms with Crippen LogP contribution < -0.4 is 11.1 Å². The van der Waals surface area contributed by atoms with Crippen LogP contribution in [0.15, 0.2) is 65.6 Å². The van der Waals surface area contributed by atoms with E-state index in [1.54, 1.807) is 18.2 Å². The maximum absolute atomic E-state index is 12.9. The number of carbonyl (C=O) groups is 1. The molecule has 0 saturated carbocycles. The molecule has 0 bridgehead atoms. The Balaban J connectivity index is 0.000000957. The minimum atomic E-state index is -4.02. The average Bonchev–Trinajstić information content (AvgIpc) is 3.07. The standard InChI is InChI=1S/C36H64N2O.C7H8O3S/c1-5-7-8-9-10-11-12-13-14-15-16-17-18-19-20-21-22-26-32-36(31-6-2,35(3,4)37)38-34(39)30-29-33-27-24-23-25-28-33;1-6-2-4-7(5-3-6)11(8,9)10/h23-25,27-30H,5-22,26,31-32,37H2,1-4H3,(H,38,39);2-5H,1H3,(H,8,9,10). The van der Waals surface area contributed by atoms with E-state index in [9.17, 15) is 13.2 Å². The lowest BCUT2D eigenvalue weighted by molar-refractivity contribution is -0.119. The van der Waals surface area contributed by atoms with Gasteiger partial charge in [-0.25, -0.2) is 0 Å². The molecule has 0 radical (unpaired) electrons. The first kappa shape index (κ1) is 45.5. The second-order valence-corrected chi connectivity index (χ2v) is 16.3. The summed E-state index contributed by atoms with van der Waals surface area (Å²) in [7, 11) is -4.02. The van der Waals surface area contributed by atoms with Crippen molar-refractivity contribution in [1.82, 2.24) is 5.32 Å². The Labute approximate surface area is 307 Å². The number of nitrogens with one attached hydrogen (secondary N) is 1. The summed E-state index contributed by atoms with van der Waals surface area (Å²) in [6.07, 6.45) is 31.2. The van der Waals surface area contributed by atoms with Crippen LogP contribution in [0.2, 0.25) is 0 Å². The van der Waals surface area contributed by atoms with E-state index in [2.05, 4.69) is 33.0 Å². The average molecular weight is 713 g/mol. The highest BCUT2D eigenvalue weighted by atomic mass is 32.2.